The molecule has 7 nitrogen and oxygen atoms in total. The zero-order valence-electron chi connectivity index (χ0n) is 15.6. The lowest BCUT2D eigenvalue weighted by molar-refractivity contribution is 0.518. The van der Waals surface area contributed by atoms with E-state index in [0.717, 1.165) is 30.5 Å². The molecule has 0 unspecified atom stereocenters. The first kappa shape index (κ1) is 19.5. The van der Waals surface area contributed by atoms with E-state index in [2.05, 4.69) is 20.5 Å². The minimum atomic E-state index is -0.106. The molecular formula is C19H15N5O2S4. The van der Waals surface area contributed by atoms with Crippen LogP contribution < -0.4 is 10.9 Å². The fraction of sp³-hybridized carbons (Fsp3) is 0.158. The molecule has 0 saturated heterocycles. The summed E-state index contributed by atoms with van der Waals surface area (Å²) in [5, 5.41) is 16.9. The fourth-order valence-electron chi connectivity index (χ4n) is 2.88. The second kappa shape index (κ2) is 8.34. The number of thioether (sulfide) groups is 1. The van der Waals surface area contributed by atoms with E-state index in [4.69, 9.17) is 9.40 Å². The minimum Gasteiger partial charge on any atom is -0.467 e. The minimum absolute atomic E-state index is 0.0692. The maximum atomic E-state index is 12.8. The highest BCUT2D eigenvalue weighted by Crippen LogP contribution is 2.38. The van der Waals surface area contributed by atoms with Crippen LogP contribution >= 0.6 is 45.8 Å². The Bertz CT molecular complexity index is 1320. The molecule has 30 heavy (non-hydrogen) atoms. The quantitative estimate of drug-likeness (QED) is 0.296. The molecular weight excluding hydrogens is 459 g/mol. The summed E-state index contributed by atoms with van der Waals surface area (Å²) in [4.78, 5) is 22.3. The number of nitrogens with zero attached hydrogens (tertiary/aromatic N) is 3. The Labute approximate surface area is 187 Å². The molecule has 5 heterocycles. The molecule has 0 aliphatic heterocycles. The van der Waals surface area contributed by atoms with Gasteiger partial charge in [0.15, 0.2) is 4.34 Å². The van der Waals surface area contributed by atoms with Gasteiger partial charge in [0.2, 0.25) is 5.13 Å². The Morgan fingerprint density at radius 3 is 3.00 bits per heavy atom. The number of H-pyrrole nitrogens is 1. The summed E-state index contributed by atoms with van der Waals surface area (Å²) < 4.78 is 6.11. The maximum Gasteiger partial charge on any atom is 0.260 e. The van der Waals surface area contributed by atoms with Gasteiger partial charge in [-0.1, -0.05) is 29.2 Å². The van der Waals surface area contributed by atoms with Crippen LogP contribution in [0.25, 0.3) is 20.7 Å². The van der Waals surface area contributed by atoms with Gasteiger partial charge in [-0.05, 0) is 30.5 Å². The van der Waals surface area contributed by atoms with E-state index in [1.807, 2.05) is 41.9 Å². The van der Waals surface area contributed by atoms with Gasteiger partial charge in [-0.15, -0.1) is 32.9 Å². The topological polar surface area (TPSA) is 96.7 Å². The molecule has 5 rings (SSSR count). The van der Waals surface area contributed by atoms with Gasteiger partial charge in [0, 0.05) is 15.8 Å². The summed E-state index contributed by atoms with van der Waals surface area (Å²) in [5.41, 5.74) is 0.840. The van der Waals surface area contributed by atoms with Crippen molar-refractivity contribution in [2.45, 2.75) is 23.1 Å². The highest BCUT2D eigenvalue weighted by molar-refractivity contribution is 8.01. The molecule has 0 aromatic carbocycles. The molecule has 0 aliphatic carbocycles. The second-order valence-electron chi connectivity index (χ2n) is 6.32. The number of fused-ring (bicyclic) bond motifs is 1. The third-order valence-corrected chi connectivity index (χ3v) is 8.16. The van der Waals surface area contributed by atoms with E-state index >= 15 is 0 Å². The molecule has 5 aromatic rings. The molecule has 0 radical (unpaired) electrons. The Balaban J connectivity index is 1.33. The van der Waals surface area contributed by atoms with Gasteiger partial charge in [0.25, 0.3) is 5.56 Å². The van der Waals surface area contributed by atoms with Crippen LogP contribution in [-0.2, 0) is 6.54 Å². The number of furan rings is 1. The van der Waals surface area contributed by atoms with E-state index in [-0.39, 0.29) is 10.8 Å². The molecule has 1 atom stereocenters. The second-order valence-corrected chi connectivity index (χ2v) is 10.7. The van der Waals surface area contributed by atoms with Gasteiger partial charge in [0.05, 0.1) is 23.4 Å². The van der Waals surface area contributed by atoms with Gasteiger partial charge < -0.3 is 14.7 Å². The number of anilines is 1. The van der Waals surface area contributed by atoms with Crippen molar-refractivity contribution in [2.75, 3.05) is 5.32 Å². The van der Waals surface area contributed by atoms with E-state index in [9.17, 15) is 4.79 Å². The van der Waals surface area contributed by atoms with Crippen molar-refractivity contribution in [1.82, 2.24) is 20.2 Å². The molecule has 0 fully saturated rings. The van der Waals surface area contributed by atoms with Crippen LogP contribution in [0.1, 0.15) is 23.8 Å². The van der Waals surface area contributed by atoms with Crippen molar-refractivity contribution in [3.05, 3.63) is 63.2 Å². The normalized spacial score (nSPS) is 12.4. The van der Waals surface area contributed by atoms with Crippen LogP contribution in [0.3, 0.4) is 0 Å². The van der Waals surface area contributed by atoms with Gasteiger partial charge in [-0.25, -0.2) is 4.98 Å². The summed E-state index contributed by atoms with van der Waals surface area (Å²) in [6.07, 6.45) is 1.64. The van der Waals surface area contributed by atoms with E-state index in [0.29, 0.717) is 17.8 Å². The Kier molecular flexibility index (Phi) is 5.42. The van der Waals surface area contributed by atoms with Crippen molar-refractivity contribution in [3.63, 3.8) is 0 Å². The van der Waals surface area contributed by atoms with Crippen LogP contribution in [0.5, 0.6) is 0 Å². The standard InChI is InChI=1S/C19H15N5O2S4/c1-10(29-19-24-23-18(30-19)20-8-11-4-2-6-26-11)15-21-16(25)14-12(9-28-17(14)22-15)13-5-3-7-27-13/h2-7,9-10H,8H2,1H3,(H,20,23)(H,21,22,25)/t10-/m1/s1. The summed E-state index contributed by atoms with van der Waals surface area (Å²) in [5.74, 6) is 1.47. The van der Waals surface area contributed by atoms with Crippen LogP contribution in [0.15, 0.2) is 54.8 Å². The molecule has 0 aliphatic rings. The predicted octanol–water partition coefficient (Wildman–Crippen LogP) is 5.62. The Morgan fingerprint density at radius 1 is 1.27 bits per heavy atom. The van der Waals surface area contributed by atoms with Crippen LogP contribution in [0.4, 0.5) is 5.13 Å². The summed E-state index contributed by atoms with van der Waals surface area (Å²) in [7, 11) is 0. The first-order valence-corrected chi connectivity index (χ1v) is 12.4. The molecule has 5 aromatic heterocycles. The molecule has 11 heteroatoms. The smallest absolute Gasteiger partial charge is 0.260 e. The molecule has 152 valence electrons. The van der Waals surface area contributed by atoms with Crippen LogP contribution in [-0.4, -0.2) is 20.2 Å². The highest BCUT2D eigenvalue weighted by atomic mass is 32.2. The van der Waals surface area contributed by atoms with E-state index in [1.165, 1.54) is 34.4 Å². The zero-order valence-corrected chi connectivity index (χ0v) is 18.9. The fourth-order valence-corrected chi connectivity index (χ4v) is 6.60. The number of aromatic amines is 1. The van der Waals surface area contributed by atoms with Gasteiger partial charge in [0.1, 0.15) is 16.4 Å². The molecule has 0 bridgehead atoms. The van der Waals surface area contributed by atoms with Gasteiger partial charge in [-0.2, -0.15) is 0 Å². The van der Waals surface area contributed by atoms with Crippen molar-refractivity contribution in [2.24, 2.45) is 0 Å². The monoisotopic (exact) mass is 473 g/mol. The van der Waals surface area contributed by atoms with Gasteiger partial charge >= 0.3 is 0 Å². The van der Waals surface area contributed by atoms with E-state index in [1.54, 1.807) is 17.6 Å². The van der Waals surface area contributed by atoms with Crippen molar-refractivity contribution in [1.29, 1.82) is 0 Å². The average Bonchev–Trinajstić information content (AvgIpc) is 3.53. The van der Waals surface area contributed by atoms with Crippen molar-refractivity contribution >= 4 is 61.1 Å². The molecule has 2 N–H and O–H groups in total. The third-order valence-electron chi connectivity index (χ3n) is 4.31. The number of rotatable bonds is 7. The summed E-state index contributed by atoms with van der Waals surface area (Å²) in [6.45, 7) is 2.55. The van der Waals surface area contributed by atoms with Crippen LogP contribution in [0.2, 0.25) is 0 Å². The summed E-state index contributed by atoms with van der Waals surface area (Å²) >= 11 is 6.09. The number of thiophene rings is 2. The predicted molar refractivity (Wildman–Crippen MR) is 124 cm³/mol. The third kappa shape index (κ3) is 3.93. The number of hydrogen-bond donors (Lipinski definition) is 2. The number of hydrogen-bond acceptors (Lipinski definition) is 10. The first-order chi connectivity index (χ1) is 14.7. The van der Waals surface area contributed by atoms with E-state index < -0.39 is 0 Å². The Hall–Kier alpha value is -2.47. The lowest BCUT2D eigenvalue weighted by Gasteiger charge is -2.08. The maximum absolute atomic E-state index is 12.8. The summed E-state index contributed by atoms with van der Waals surface area (Å²) in [6, 6.07) is 7.75. The number of aromatic nitrogens is 4. The van der Waals surface area contributed by atoms with Crippen LogP contribution in [0, 0.1) is 0 Å². The van der Waals surface area contributed by atoms with Crippen molar-refractivity contribution in [3.8, 4) is 10.4 Å². The first-order valence-electron chi connectivity index (χ1n) is 8.99. The molecule has 0 spiro atoms. The molecule has 0 amide bonds. The Morgan fingerprint density at radius 2 is 2.20 bits per heavy atom. The highest BCUT2D eigenvalue weighted by Gasteiger charge is 2.18. The largest absolute Gasteiger partial charge is 0.467 e. The van der Waals surface area contributed by atoms with Gasteiger partial charge in [-0.3, -0.25) is 4.79 Å². The lowest BCUT2D eigenvalue weighted by atomic mass is 10.2. The average molecular weight is 474 g/mol. The SMILES string of the molecule is C[C@@H](Sc1nnc(NCc2ccco2)s1)c1nc2scc(-c3cccs3)c2c(=O)[nH]1. The lowest BCUT2D eigenvalue weighted by Crippen LogP contribution is -2.12. The zero-order chi connectivity index (χ0) is 20.5. The number of nitrogens with one attached hydrogen (secondary N) is 2. The van der Waals surface area contributed by atoms with Crippen molar-refractivity contribution < 1.29 is 4.42 Å². The molecule has 0 saturated carbocycles.